The average molecular weight is 225 g/mol. The van der Waals surface area contributed by atoms with Crippen LogP contribution in [0.3, 0.4) is 0 Å². The summed E-state index contributed by atoms with van der Waals surface area (Å²) < 4.78 is 6.00. The van der Waals surface area contributed by atoms with Gasteiger partial charge >= 0.3 is 0 Å². The number of aromatic nitrogens is 1. The third-order valence-electron chi connectivity index (χ3n) is 3.16. The summed E-state index contributed by atoms with van der Waals surface area (Å²) in [5, 5.41) is 0. The van der Waals surface area contributed by atoms with Crippen LogP contribution in [0.25, 0.3) is 0 Å². The fourth-order valence-electron chi connectivity index (χ4n) is 2.28. The second-order valence-corrected chi connectivity index (χ2v) is 4.41. The molecule has 17 heavy (non-hydrogen) atoms. The second kappa shape index (κ2) is 4.58. The first-order valence-corrected chi connectivity index (χ1v) is 6.06. The highest BCUT2D eigenvalue weighted by Gasteiger charge is 2.19. The SMILES string of the molecule is c1ccc(C[C@@H]2CCc3ccccc3O2)nc1. The maximum atomic E-state index is 6.00. The van der Waals surface area contributed by atoms with Gasteiger partial charge < -0.3 is 4.74 Å². The standard InChI is InChI=1S/C15H15NO/c1-2-7-15-12(5-1)8-9-14(17-15)11-13-6-3-4-10-16-13/h1-7,10,14H,8-9,11H2/t14-/m0/s1. The monoisotopic (exact) mass is 225 g/mol. The zero-order valence-corrected chi connectivity index (χ0v) is 9.67. The van der Waals surface area contributed by atoms with E-state index in [0.29, 0.717) is 0 Å². The number of rotatable bonds is 2. The molecular weight excluding hydrogens is 210 g/mol. The van der Waals surface area contributed by atoms with Gasteiger partial charge in [0.25, 0.3) is 0 Å². The molecule has 0 N–H and O–H groups in total. The molecule has 1 atom stereocenters. The van der Waals surface area contributed by atoms with Gasteiger partial charge in [0.15, 0.2) is 0 Å². The van der Waals surface area contributed by atoms with E-state index in [2.05, 4.69) is 29.2 Å². The van der Waals surface area contributed by atoms with Gasteiger partial charge in [0.2, 0.25) is 0 Å². The van der Waals surface area contributed by atoms with Crippen LogP contribution in [-0.2, 0) is 12.8 Å². The number of pyridine rings is 1. The van der Waals surface area contributed by atoms with Crippen molar-refractivity contribution in [1.82, 2.24) is 4.98 Å². The van der Waals surface area contributed by atoms with Crippen LogP contribution in [0, 0.1) is 0 Å². The van der Waals surface area contributed by atoms with Gasteiger partial charge in [-0.25, -0.2) is 0 Å². The van der Waals surface area contributed by atoms with Gasteiger partial charge in [-0.1, -0.05) is 24.3 Å². The Balaban J connectivity index is 1.72. The minimum atomic E-state index is 0.264. The number of hydrogen-bond acceptors (Lipinski definition) is 2. The minimum absolute atomic E-state index is 0.264. The summed E-state index contributed by atoms with van der Waals surface area (Å²) in [4.78, 5) is 4.35. The molecule has 2 nitrogen and oxygen atoms in total. The largest absolute Gasteiger partial charge is 0.490 e. The molecular formula is C15H15NO. The molecule has 1 aliphatic rings. The summed E-state index contributed by atoms with van der Waals surface area (Å²) in [5.41, 5.74) is 2.43. The summed E-state index contributed by atoms with van der Waals surface area (Å²) >= 11 is 0. The third-order valence-corrected chi connectivity index (χ3v) is 3.16. The molecule has 1 aliphatic heterocycles. The summed E-state index contributed by atoms with van der Waals surface area (Å²) in [5.74, 6) is 1.04. The molecule has 2 heterocycles. The van der Waals surface area contributed by atoms with Crippen molar-refractivity contribution >= 4 is 0 Å². The third kappa shape index (κ3) is 2.31. The fourth-order valence-corrected chi connectivity index (χ4v) is 2.28. The van der Waals surface area contributed by atoms with Gasteiger partial charge in [-0.3, -0.25) is 4.98 Å². The average Bonchev–Trinajstić information content (AvgIpc) is 2.40. The summed E-state index contributed by atoms with van der Waals surface area (Å²) in [6, 6.07) is 14.3. The Morgan fingerprint density at radius 3 is 2.88 bits per heavy atom. The molecule has 0 spiro atoms. The van der Waals surface area contributed by atoms with Crippen molar-refractivity contribution in [2.75, 3.05) is 0 Å². The molecule has 0 radical (unpaired) electrons. The van der Waals surface area contributed by atoms with Gasteiger partial charge in [-0.05, 0) is 36.6 Å². The van der Waals surface area contributed by atoms with Crippen LogP contribution in [0.4, 0.5) is 0 Å². The van der Waals surface area contributed by atoms with Gasteiger partial charge in [-0.15, -0.1) is 0 Å². The number of aryl methyl sites for hydroxylation is 1. The summed E-state index contributed by atoms with van der Waals surface area (Å²) in [7, 11) is 0. The van der Waals surface area contributed by atoms with E-state index in [1.165, 1.54) is 5.56 Å². The van der Waals surface area contributed by atoms with Crippen molar-refractivity contribution in [2.24, 2.45) is 0 Å². The van der Waals surface area contributed by atoms with Crippen molar-refractivity contribution in [3.05, 3.63) is 59.9 Å². The highest BCUT2D eigenvalue weighted by Crippen LogP contribution is 2.28. The number of nitrogens with zero attached hydrogens (tertiary/aromatic N) is 1. The van der Waals surface area contributed by atoms with E-state index in [1.54, 1.807) is 0 Å². The van der Waals surface area contributed by atoms with Crippen molar-refractivity contribution in [1.29, 1.82) is 0 Å². The molecule has 0 unspecified atom stereocenters. The number of ether oxygens (including phenoxy) is 1. The van der Waals surface area contributed by atoms with E-state index in [1.807, 2.05) is 24.4 Å². The van der Waals surface area contributed by atoms with E-state index in [0.717, 1.165) is 30.7 Å². The van der Waals surface area contributed by atoms with Gasteiger partial charge in [0.05, 0.1) is 0 Å². The van der Waals surface area contributed by atoms with Crippen LogP contribution in [0.5, 0.6) is 5.75 Å². The van der Waals surface area contributed by atoms with Gasteiger partial charge in [-0.2, -0.15) is 0 Å². The van der Waals surface area contributed by atoms with E-state index in [-0.39, 0.29) is 6.10 Å². The summed E-state index contributed by atoms with van der Waals surface area (Å²) in [6.45, 7) is 0. The van der Waals surface area contributed by atoms with Crippen LogP contribution in [-0.4, -0.2) is 11.1 Å². The van der Waals surface area contributed by atoms with Crippen molar-refractivity contribution in [3.63, 3.8) is 0 Å². The Kier molecular flexibility index (Phi) is 2.78. The molecule has 86 valence electrons. The molecule has 0 fully saturated rings. The normalized spacial score (nSPS) is 18.2. The first-order chi connectivity index (χ1) is 8.42. The molecule has 1 aromatic carbocycles. The van der Waals surface area contributed by atoms with Crippen LogP contribution in [0.2, 0.25) is 0 Å². The van der Waals surface area contributed by atoms with Crippen molar-refractivity contribution in [3.8, 4) is 5.75 Å². The molecule has 0 saturated heterocycles. The number of hydrogen-bond donors (Lipinski definition) is 0. The highest BCUT2D eigenvalue weighted by atomic mass is 16.5. The maximum Gasteiger partial charge on any atom is 0.122 e. The summed E-state index contributed by atoms with van der Waals surface area (Å²) in [6.07, 6.45) is 5.18. The van der Waals surface area contributed by atoms with Crippen LogP contribution in [0.15, 0.2) is 48.7 Å². The fraction of sp³-hybridized carbons (Fsp3) is 0.267. The number of para-hydroxylation sites is 1. The number of benzene rings is 1. The predicted octanol–water partition coefficient (Wildman–Crippen LogP) is 3.02. The Bertz CT molecular complexity index is 495. The van der Waals surface area contributed by atoms with E-state index in [4.69, 9.17) is 4.74 Å². The lowest BCUT2D eigenvalue weighted by Crippen LogP contribution is -2.25. The highest BCUT2D eigenvalue weighted by molar-refractivity contribution is 5.35. The molecule has 1 aromatic heterocycles. The topological polar surface area (TPSA) is 22.1 Å². The van der Waals surface area contributed by atoms with Gasteiger partial charge in [0, 0.05) is 18.3 Å². The minimum Gasteiger partial charge on any atom is -0.490 e. The van der Waals surface area contributed by atoms with Crippen LogP contribution >= 0.6 is 0 Å². The zero-order valence-electron chi connectivity index (χ0n) is 9.67. The van der Waals surface area contributed by atoms with Crippen LogP contribution < -0.4 is 4.74 Å². The lowest BCUT2D eigenvalue weighted by Gasteiger charge is -2.25. The lowest BCUT2D eigenvalue weighted by molar-refractivity contribution is 0.172. The Morgan fingerprint density at radius 2 is 2.00 bits per heavy atom. The lowest BCUT2D eigenvalue weighted by atomic mass is 9.99. The molecule has 2 heteroatoms. The predicted molar refractivity (Wildman–Crippen MR) is 67.1 cm³/mol. The molecule has 0 bridgehead atoms. The van der Waals surface area contributed by atoms with Gasteiger partial charge in [0.1, 0.15) is 11.9 Å². The molecule has 0 aliphatic carbocycles. The Morgan fingerprint density at radius 1 is 1.12 bits per heavy atom. The van der Waals surface area contributed by atoms with Crippen LogP contribution in [0.1, 0.15) is 17.7 Å². The quantitative estimate of drug-likeness (QED) is 0.783. The smallest absolute Gasteiger partial charge is 0.122 e. The Labute approximate surface area is 101 Å². The first kappa shape index (κ1) is 10.3. The van der Waals surface area contributed by atoms with Crippen molar-refractivity contribution in [2.45, 2.75) is 25.4 Å². The molecule has 3 rings (SSSR count). The first-order valence-electron chi connectivity index (χ1n) is 6.06. The molecule has 0 saturated carbocycles. The number of fused-ring (bicyclic) bond motifs is 1. The van der Waals surface area contributed by atoms with Crippen molar-refractivity contribution < 1.29 is 4.74 Å². The molecule has 0 amide bonds. The zero-order chi connectivity index (χ0) is 11.5. The molecule has 2 aromatic rings. The van der Waals surface area contributed by atoms with E-state index >= 15 is 0 Å². The van der Waals surface area contributed by atoms with E-state index in [9.17, 15) is 0 Å². The maximum absolute atomic E-state index is 6.00. The Hall–Kier alpha value is -1.83. The van der Waals surface area contributed by atoms with E-state index < -0.39 is 0 Å². The second-order valence-electron chi connectivity index (χ2n) is 4.41.